The van der Waals surface area contributed by atoms with Crippen LogP contribution in [0.25, 0.3) is 0 Å². The molecule has 1 aliphatic rings. The van der Waals surface area contributed by atoms with Crippen molar-refractivity contribution >= 4 is 17.4 Å². The topological polar surface area (TPSA) is 52.4 Å². The SMILES string of the molecule is O=[N+]([O-])c1ccc([C@H]2OCCS2)cc1. The molecule has 0 spiro atoms. The minimum absolute atomic E-state index is 0.0517. The van der Waals surface area contributed by atoms with E-state index in [9.17, 15) is 10.1 Å². The fourth-order valence-electron chi connectivity index (χ4n) is 1.30. The molecular formula is C9H9NO3S. The first-order chi connectivity index (χ1) is 6.77. The van der Waals surface area contributed by atoms with Gasteiger partial charge in [-0.25, -0.2) is 0 Å². The molecule has 5 heteroatoms. The van der Waals surface area contributed by atoms with Crippen LogP contribution in [0.1, 0.15) is 11.0 Å². The number of nitro benzene ring substituents is 1. The standard InChI is InChI=1S/C9H9NO3S/c11-10(12)8-3-1-7(2-4-8)9-13-5-6-14-9/h1-4,9H,5-6H2/t9-/m0/s1. The number of nitro groups is 1. The maximum Gasteiger partial charge on any atom is 0.269 e. The molecule has 0 saturated carbocycles. The van der Waals surface area contributed by atoms with E-state index in [1.54, 1.807) is 23.9 Å². The van der Waals surface area contributed by atoms with Gasteiger partial charge in [-0.1, -0.05) is 0 Å². The van der Waals surface area contributed by atoms with Crippen LogP contribution in [0.15, 0.2) is 24.3 Å². The Hall–Kier alpha value is -1.07. The summed E-state index contributed by atoms with van der Waals surface area (Å²) in [6.45, 7) is 0.756. The first-order valence-corrected chi connectivity index (χ1v) is 5.30. The van der Waals surface area contributed by atoms with Crippen LogP contribution in [-0.2, 0) is 4.74 Å². The smallest absolute Gasteiger partial charge is 0.269 e. The van der Waals surface area contributed by atoms with Gasteiger partial charge < -0.3 is 4.74 Å². The van der Waals surface area contributed by atoms with E-state index in [2.05, 4.69) is 0 Å². The Kier molecular flexibility index (Phi) is 2.69. The van der Waals surface area contributed by atoms with E-state index in [-0.39, 0.29) is 11.1 Å². The van der Waals surface area contributed by atoms with E-state index in [4.69, 9.17) is 4.74 Å². The summed E-state index contributed by atoms with van der Waals surface area (Å²) in [5, 5.41) is 10.4. The van der Waals surface area contributed by atoms with Gasteiger partial charge in [0.1, 0.15) is 5.44 Å². The minimum Gasteiger partial charge on any atom is -0.362 e. The second kappa shape index (κ2) is 3.98. The molecule has 14 heavy (non-hydrogen) atoms. The van der Waals surface area contributed by atoms with Crippen LogP contribution in [0, 0.1) is 10.1 Å². The first kappa shape index (κ1) is 9.48. The Morgan fingerprint density at radius 2 is 2.14 bits per heavy atom. The van der Waals surface area contributed by atoms with Crippen LogP contribution >= 0.6 is 11.8 Å². The van der Waals surface area contributed by atoms with Gasteiger partial charge in [0, 0.05) is 17.9 Å². The highest BCUT2D eigenvalue weighted by Gasteiger charge is 2.18. The molecule has 0 bridgehead atoms. The molecule has 1 aromatic carbocycles. The van der Waals surface area contributed by atoms with Gasteiger partial charge >= 0.3 is 0 Å². The van der Waals surface area contributed by atoms with Crippen LogP contribution in [0.5, 0.6) is 0 Å². The van der Waals surface area contributed by atoms with Gasteiger partial charge in [-0.05, 0) is 17.7 Å². The number of hydrogen-bond acceptors (Lipinski definition) is 4. The highest BCUT2D eigenvalue weighted by atomic mass is 32.2. The van der Waals surface area contributed by atoms with Crippen molar-refractivity contribution in [2.24, 2.45) is 0 Å². The maximum atomic E-state index is 10.4. The molecule has 2 rings (SSSR count). The summed E-state index contributed by atoms with van der Waals surface area (Å²) in [7, 11) is 0. The molecule has 1 aliphatic heterocycles. The Balaban J connectivity index is 2.16. The van der Waals surface area contributed by atoms with E-state index in [0.717, 1.165) is 17.9 Å². The van der Waals surface area contributed by atoms with Crippen molar-refractivity contribution in [1.29, 1.82) is 0 Å². The Bertz CT molecular complexity index is 332. The van der Waals surface area contributed by atoms with Gasteiger partial charge in [0.25, 0.3) is 5.69 Å². The molecular weight excluding hydrogens is 202 g/mol. The fraction of sp³-hybridized carbons (Fsp3) is 0.333. The number of rotatable bonds is 2. The average molecular weight is 211 g/mol. The minimum atomic E-state index is -0.396. The molecule has 4 nitrogen and oxygen atoms in total. The number of hydrogen-bond donors (Lipinski definition) is 0. The van der Waals surface area contributed by atoms with E-state index in [0.29, 0.717) is 0 Å². The van der Waals surface area contributed by atoms with Crippen molar-refractivity contribution in [2.45, 2.75) is 5.44 Å². The summed E-state index contributed by atoms with van der Waals surface area (Å²) in [6.07, 6.45) is 0. The molecule has 74 valence electrons. The van der Waals surface area contributed by atoms with Gasteiger partial charge in [-0.2, -0.15) is 0 Å². The van der Waals surface area contributed by atoms with Crippen LogP contribution in [0.2, 0.25) is 0 Å². The van der Waals surface area contributed by atoms with Crippen molar-refractivity contribution < 1.29 is 9.66 Å². The monoisotopic (exact) mass is 211 g/mol. The third-order valence-electron chi connectivity index (χ3n) is 2.00. The van der Waals surface area contributed by atoms with Crippen LogP contribution in [0.3, 0.4) is 0 Å². The van der Waals surface area contributed by atoms with E-state index in [1.165, 1.54) is 12.1 Å². The lowest BCUT2D eigenvalue weighted by Gasteiger charge is -2.07. The zero-order valence-electron chi connectivity index (χ0n) is 7.38. The largest absolute Gasteiger partial charge is 0.362 e. The normalized spacial score (nSPS) is 21.0. The highest BCUT2D eigenvalue weighted by Crippen LogP contribution is 2.35. The zero-order valence-corrected chi connectivity index (χ0v) is 8.20. The highest BCUT2D eigenvalue weighted by molar-refractivity contribution is 7.99. The van der Waals surface area contributed by atoms with Gasteiger partial charge in [0.15, 0.2) is 0 Å². The summed E-state index contributed by atoms with van der Waals surface area (Å²) in [6, 6.07) is 6.53. The lowest BCUT2D eigenvalue weighted by molar-refractivity contribution is -0.384. The summed E-state index contributed by atoms with van der Waals surface area (Å²) >= 11 is 1.72. The number of ether oxygens (including phenoxy) is 1. The number of non-ortho nitro benzene ring substituents is 1. The van der Waals surface area contributed by atoms with Gasteiger partial charge in [-0.15, -0.1) is 11.8 Å². The van der Waals surface area contributed by atoms with E-state index in [1.807, 2.05) is 0 Å². The molecule has 0 radical (unpaired) electrons. The van der Waals surface area contributed by atoms with Gasteiger partial charge in [-0.3, -0.25) is 10.1 Å². The molecule has 1 atom stereocenters. The van der Waals surface area contributed by atoms with E-state index < -0.39 is 4.92 Å². The van der Waals surface area contributed by atoms with Crippen LogP contribution < -0.4 is 0 Å². The summed E-state index contributed by atoms with van der Waals surface area (Å²) in [5.41, 5.74) is 1.17. The van der Waals surface area contributed by atoms with Crippen molar-refractivity contribution in [3.63, 3.8) is 0 Å². The number of nitrogens with zero attached hydrogens (tertiary/aromatic N) is 1. The predicted octanol–water partition coefficient (Wildman–Crippen LogP) is 2.36. The first-order valence-electron chi connectivity index (χ1n) is 4.25. The molecule has 0 amide bonds. The Morgan fingerprint density at radius 1 is 1.43 bits per heavy atom. The van der Waals surface area contributed by atoms with Crippen molar-refractivity contribution in [3.8, 4) is 0 Å². The average Bonchev–Trinajstić information content (AvgIpc) is 2.71. The lowest BCUT2D eigenvalue weighted by atomic mass is 10.2. The maximum absolute atomic E-state index is 10.4. The second-order valence-corrected chi connectivity index (χ2v) is 4.09. The number of thioether (sulfide) groups is 1. The summed E-state index contributed by atoms with van der Waals surface area (Å²) < 4.78 is 5.43. The van der Waals surface area contributed by atoms with Gasteiger partial charge in [0.05, 0.1) is 11.5 Å². The van der Waals surface area contributed by atoms with Crippen molar-refractivity contribution in [2.75, 3.05) is 12.4 Å². The lowest BCUT2D eigenvalue weighted by Crippen LogP contribution is -1.93. The Morgan fingerprint density at radius 3 is 2.64 bits per heavy atom. The fourth-order valence-corrected chi connectivity index (χ4v) is 2.25. The Labute approximate surface area is 85.4 Å². The molecule has 1 saturated heterocycles. The molecule has 0 aromatic heterocycles. The molecule has 0 unspecified atom stereocenters. The van der Waals surface area contributed by atoms with Crippen molar-refractivity contribution in [1.82, 2.24) is 0 Å². The van der Waals surface area contributed by atoms with Crippen molar-refractivity contribution in [3.05, 3.63) is 39.9 Å². The quantitative estimate of drug-likeness (QED) is 0.556. The third-order valence-corrected chi connectivity index (χ3v) is 3.11. The van der Waals surface area contributed by atoms with Gasteiger partial charge in [0.2, 0.25) is 0 Å². The zero-order chi connectivity index (χ0) is 9.97. The van der Waals surface area contributed by atoms with E-state index >= 15 is 0 Å². The predicted molar refractivity (Wildman–Crippen MR) is 54.2 cm³/mol. The third kappa shape index (κ3) is 1.88. The van der Waals surface area contributed by atoms with Crippen LogP contribution in [-0.4, -0.2) is 17.3 Å². The second-order valence-electron chi connectivity index (χ2n) is 2.92. The van der Waals surface area contributed by atoms with Crippen LogP contribution in [0.4, 0.5) is 5.69 Å². The molecule has 1 aromatic rings. The molecule has 0 N–H and O–H groups in total. The molecule has 0 aliphatic carbocycles. The number of benzene rings is 1. The molecule has 1 fully saturated rings. The summed E-state index contributed by atoms with van der Waals surface area (Å²) in [5.74, 6) is 0.988. The molecule has 1 heterocycles. The summed E-state index contributed by atoms with van der Waals surface area (Å²) in [4.78, 5) is 10.0.